The van der Waals surface area contributed by atoms with Gasteiger partial charge in [0.1, 0.15) is 0 Å². The van der Waals surface area contributed by atoms with E-state index in [9.17, 15) is 0 Å². The quantitative estimate of drug-likeness (QED) is 0.817. The maximum Gasteiger partial charge on any atom is 0.0309 e. The van der Waals surface area contributed by atoms with Crippen molar-refractivity contribution in [2.45, 2.75) is 84.2 Å². The van der Waals surface area contributed by atoms with Crippen molar-refractivity contribution in [3.05, 3.63) is 0 Å². The summed E-state index contributed by atoms with van der Waals surface area (Å²) in [5.74, 6) is 0. The average Bonchev–Trinajstić information content (AvgIpc) is 2.27. The first kappa shape index (κ1) is 15.3. The van der Waals surface area contributed by atoms with Gasteiger partial charge >= 0.3 is 0 Å². The highest BCUT2D eigenvalue weighted by molar-refractivity contribution is 5.00. The van der Waals surface area contributed by atoms with Gasteiger partial charge in [-0.25, -0.2) is 0 Å². The summed E-state index contributed by atoms with van der Waals surface area (Å²) in [6.45, 7) is 15.6. The Morgan fingerprint density at radius 2 is 1.63 bits per heavy atom. The first-order valence-corrected chi connectivity index (χ1v) is 8.23. The number of hydrogen-bond donors (Lipinski definition) is 1. The van der Waals surface area contributed by atoms with Crippen LogP contribution in [0.25, 0.3) is 0 Å². The van der Waals surface area contributed by atoms with E-state index in [4.69, 9.17) is 0 Å². The van der Waals surface area contributed by atoms with Crippen LogP contribution in [-0.4, -0.2) is 35.6 Å². The van der Waals surface area contributed by atoms with Gasteiger partial charge < -0.3 is 5.32 Å². The highest BCUT2D eigenvalue weighted by Gasteiger charge is 2.41. The van der Waals surface area contributed by atoms with Crippen LogP contribution in [0.4, 0.5) is 0 Å². The second-order valence-corrected chi connectivity index (χ2v) is 8.74. The Morgan fingerprint density at radius 1 is 1.00 bits per heavy atom. The van der Waals surface area contributed by atoms with Crippen LogP contribution in [0, 0.1) is 5.41 Å². The zero-order chi connectivity index (χ0) is 14.1. The van der Waals surface area contributed by atoms with E-state index in [1.807, 2.05) is 0 Å². The Bertz CT molecular complexity index is 289. The maximum atomic E-state index is 3.86. The fraction of sp³-hybridized carbons (Fsp3) is 1.00. The molecule has 0 aromatic rings. The average molecular weight is 266 g/mol. The number of hydrogen-bond acceptors (Lipinski definition) is 2. The van der Waals surface area contributed by atoms with E-state index in [0.29, 0.717) is 16.5 Å². The van der Waals surface area contributed by atoms with Gasteiger partial charge in [-0.3, -0.25) is 4.90 Å². The molecule has 2 heteroatoms. The highest BCUT2D eigenvalue weighted by atomic mass is 15.3. The second-order valence-electron chi connectivity index (χ2n) is 8.74. The van der Waals surface area contributed by atoms with Gasteiger partial charge in [-0.05, 0) is 38.5 Å². The first-order chi connectivity index (χ1) is 8.73. The molecule has 0 amide bonds. The minimum Gasteiger partial charge on any atom is -0.309 e. The van der Waals surface area contributed by atoms with Crippen molar-refractivity contribution in [3.63, 3.8) is 0 Å². The number of nitrogens with one attached hydrogen (secondary N) is 1. The minimum atomic E-state index is 0.324. The molecule has 1 saturated carbocycles. The summed E-state index contributed by atoms with van der Waals surface area (Å²) in [6, 6.07) is 0. The van der Waals surface area contributed by atoms with Gasteiger partial charge in [-0.2, -0.15) is 0 Å². The molecule has 2 aliphatic rings. The molecule has 0 aromatic carbocycles. The summed E-state index contributed by atoms with van der Waals surface area (Å²) in [4.78, 5) is 2.76. The molecule has 1 spiro atoms. The minimum absolute atomic E-state index is 0.324. The van der Waals surface area contributed by atoms with E-state index >= 15 is 0 Å². The van der Waals surface area contributed by atoms with Gasteiger partial charge in [0.25, 0.3) is 0 Å². The summed E-state index contributed by atoms with van der Waals surface area (Å²) in [5.41, 5.74) is 1.17. The third kappa shape index (κ3) is 3.95. The van der Waals surface area contributed by atoms with Crippen LogP contribution in [0.3, 0.4) is 0 Å². The molecule has 112 valence electrons. The molecule has 2 nitrogen and oxygen atoms in total. The van der Waals surface area contributed by atoms with Gasteiger partial charge in [0.05, 0.1) is 0 Å². The van der Waals surface area contributed by atoms with Crippen LogP contribution >= 0.6 is 0 Å². The van der Waals surface area contributed by atoms with Crippen LogP contribution in [-0.2, 0) is 0 Å². The molecule has 0 unspecified atom stereocenters. The number of rotatable bonds is 2. The summed E-state index contributed by atoms with van der Waals surface area (Å²) >= 11 is 0. The van der Waals surface area contributed by atoms with Gasteiger partial charge in [0.2, 0.25) is 0 Å². The van der Waals surface area contributed by atoms with Crippen molar-refractivity contribution in [2.75, 3.05) is 19.6 Å². The van der Waals surface area contributed by atoms with Gasteiger partial charge in [-0.1, -0.05) is 40.0 Å². The molecule has 0 atom stereocenters. The highest BCUT2D eigenvalue weighted by Crippen LogP contribution is 2.36. The molecule has 0 bridgehead atoms. The third-order valence-electron chi connectivity index (χ3n) is 5.00. The van der Waals surface area contributed by atoms with Crippen molar-refractivity contribution >= 4 is 0 Å². The predicted octanol–water partition coefficient (Wildman–Crippen LogP) is 3.81. The molecular weight excluding hydrogens is 232 g/mol. The largest absolute Gasteiger partial charge is 0.309 e. The van der Waals surface area contributed by atoms with Crippen molar-refractivity contribution in [1.82, 2.24) is 10.2 Å². The molecule has 1 aliphatic carbocycles. The summed E-state index contributed by atoms with van der Waals surface area (Å²) in [6.07, 6.45) is 8.32. The second kappa shape index (κ2) is 5.37. The molecule has 0 radical (unpaired) electrons. The van der Waals surface area contributed by atoms with Crippen molar-refractivity contribution in [2.24, 2.45) is 5.41 Å². The zero-order valence-electron chi connectivity index (χ0n) is 13.8. The maximum absolute atomic E-state index is 3.86. The van der Waals surface area contributed by atoms with E-state index in [-0.39, 0.29) is 0 Å². The first-order valence-electron chi connectivity index (χ1n) is 8.23. The lowest BCUT2D eigenvalue weighted by Crippen LogP contribution is -2.65. The van der Waals surface area contributed by atoms with E-state index < -0.39 is 0 Å². The SMILES string of the molecule is CC(C)(C)CC(C)(C)N1CCNC2(CCCCC2)C1. The third-order valence-corrected chi connectivity index (χ3v) is 5.00. The Morgan fingerprint density at radius 3 is 2.21 bits per heavy atom. The Balaban J connectivity index is 2.03. The number of nitrogens with zero attached hydrogens (tertiary/aromatic N) is 1. The van der Waals surface area contributed by atoms with E-state index in [1.165, 1.54) is 58.2 Å². The standard InChI is InChI=1S/C17H34N2/c1-15(2,3)13-16(4,5)19-12-11-18-17(14-19)9-7-6-8-10-17/h18H,6-14H2,1-5H3. The van der Waals surface area contributed by atoms with Crippen LogP contribution in [0.1, 0.15) is 73.1 Å². The topological polar surface area (TPSA) is 15.3 Å². The lowest BCUT2D eigenvalue weighted by molar-refractivity contribution is 0.00966. The summed E-state index contributed by atoms with van der Waals surface area (Å²) in [5, 5.41) is 3.86. The molecule has 1 aliphatic heterocycles. The van der Waals surface area contributed by atoms with Crippen molar-refractivity contribution in [1.29, 1.82) is 0 Å². The fourth-order valence-electron chi connectivity index (χ4n) is 4.45. The van der Waals surface area contributed by atoms with Gasteiger partial charge in [0.15, 0.2) is 0 Å². The van der Waals surface area contributed by atoms with Crippen LogP contribution < -0.4 is 5.32 Å². The van der Waals surface area contributed by atoms with E-state index in [2.05, 4.69) is 44.8 Å². The van der Waals surface area contributed by atoms with E-state index in [1.54, 1.807) is 0 Å². The number of piperazine rings is 1. The Labute approximate surface area is 120 Å². The molecule has 19 heavy (non-hydrogen) atoms. The lowest BCUT2D eigenvalue weighted by Gasteiger charge is -2.52. The monoisotopic (exact) mass is 266 g/mol. The van der Waals surface area contributed by atoms with Gasteiger partial charge in [-0.15, -0.1) is 0 Å². The Hall–Kier alpha value is -0.0800. The van der Waals surface area contributed by atoms with Crippen LogP contribution in [0.5, 0.6) is 0 Å². The lowest BCUT2D eigenvalue weighted by atomic mass is 9.76. The molecule has 1 saturated heterocycles. The predicted molar refractivity (Wildman–Crippen MR) is 83.5 cm³/mol. The normalized spacial score (nSPS) is 25.7. The zero-order valence-corrected chi connectivity index (χ0v) is 13.8. The van der Waals surface area contributed by atoms with Crippen molar-refractivity contribution in [3.8, 4) is 0 Å². The molecule has 2 fully saturated rings. The van der Waals surface area contributed by atoms with E-state index in [0.717, 1.165) is 0 Å². The summed E-state index contributed by atoms with van der Waals surface area (Å²) in [7, 11) is 0. The summed E-state index contributed by atoms with van der Waals surface area (Å²) < 4.78 is 0. The van der Waals surface area contributed by atoms with Gasteiger partial charge in [0, 0.05) is 30.7 Å². The van der Waals surface area contributed by atoms with Crippen LogP contribution in [0.15, 0.2) is 0 Å². The Kier molecular flexibility index (Phi) is 4.32. The molecule has 1 heterocycles. The van der Waals surface area contributed by atoms with Crippen molar-refractivity contribution < 1.29 is 0 Å². The molecule has 0 aromatic heterocycles. The molecular formula is C17H34N2. The fourth-order valence-corrected chi connectivity index (χ4v) is 4.45. The van der Waals surface area contributed by atoms with Crippen LogP contribution in [0.2, 0.25) is 0 Å². The molecule has 1 N–H and O–H groups in total. The smallest absolute Gasteiger partial charge is 0.0309 e. The molecule has 2 rings (SSSR count).